The highest BCUT2D eigenvalue weighted by atomic mass is 19.1. The molecule has 130 valence electrons. The Bertz CT molecular complexity index is 793. The number of aromatic nitrogens is 1. The van der Waals surface area contributed by atoms with Crippen LogP contribution in [-0.2, 0) is 0 Å². The van der Waals surface area contributed by atoms with Gasteiger partial charge in [0.15, 0.2) is 0 Å². The van der Waals surface area contributed by atoms with Crippen molar-refractivity contribution in [2.24, 2.45) is 5.41 Å². The molecule has 5 nitrogen and oxygen atoms in total. The van der Waals surface area contributed by atoms with Gasteiger partial charge >= 0.3 is 0 Å². The van der Waals surface area contributed by atoms with Crippen molar-refractivity contribution in [1.82, 2.24) is 9.88 Å². The van der Waals surface area contributed by atoms with Gasteiger partial charge in [-0.05, 0) is 30.0 Å². The fraction of sp³-hybridized carbons (Fsp3) is 0.444. The van der Waals surface area contributed by atoms with E-state index in [2.05, 4.69) is 4.98 Å². The molecule has 2 N–H and O–H groups in total. The van der Waals surface area contributed by atoms with Crippen LogP contribution in [0.4, 0.5) is 4.39 Å². The number of aliphatic hydroxyl groups excluding tert-OH is 1. The van der Waals surface area contributed by atoms with Crippen molar-refractivity contribution < 1.29 is 14.3 Å². The summed E-state index contributed by atoms with van der Waals surface area (Å²) in [5.74, 6) is -0.768. The standard InChI is InChI=1S/C18H23FN2O3/c1-18(2,3)11-21(7-4-8-22)17(24)14-10-16(23)20-15-9-12(19)5-6-13(14)15/h5-6,9-10,22H,4,7-8,11H2,1-3H3,(H,20,23). The fourth-order valence-electron chi connectivity index (χ4n) is 2.67. The summed E-state index contributed by atoms with van der Waals surface area (Å²) in [6.45, 7) is 6.89. The number of H-pyrrole nitrogens is 1. The molecule has 0 spiro atoms. The highest BCUT2D eigenvalue weighted by Crippen LogP contribution is 2.21. The summed E-state index contributed by atoms with van der Waals surface area (Å²) in [6, 6.07) is 5.21. The van der Waals surface area contributed by atoms with Crippen molar-refractivity contribution in [1.29, 1.82) is 0 Å². The van der Waals surface area contributed by atoms with E-state index in [1.807, 2.05) is 20.8 Å². The second-order valence-corrected chi connectivity index (χ2v) is 7.10. The van der Waals surface area contributed by atoms with E-state index in [1.54, 1.807) is 4.90 Å². The number of benzene rings is 1. The second-order valence-electron chi connectivity index (χ2n) is 7.10. The molecule has 1 aromatic carbocycles. The Labute approximate surface area is 140 Å². The number of halogens is 1. The van der Waals surface area contributed by atoms with Gasteiger partial charge in [-0.1, -0.05) is 20.8 Å². The number of pyridine rings is 1. The van der Waals surface area contributed by atoms with Gasteiger partial charge in [0.2, 0.25) is 5.56 Å². The average Bonchev–Trinajstić information content (AvgIpc) is 2.48. The lowest BCUT2D eigenvalue weighted by molar-refractivity contribution is 0.0684. The van der Waals surface area contributed by atoms with Gasteiger partial charge in [0.25, 0.3) is 5.91 Å². The molecule has 6 heteroatoms. The normalized spacial score (nSPS) is 11.7. The maximum atomic E-state index is 13.4. The predicted octanol–water partition coefficient (Wildman–Crippen LogP) is 2.54. The third kappa shape index (κ3) is 4.41. The molecule has 0 aliphatic carbocycles. The first-order valence-electron chi connectivity index (χ1n) is 7.94. The summed E-state index contributed by atoms with van der Waals surface area (Å²) in [7, 11) is 0. The Hall–Kier alpha value is -2.21. The van der Waals surface area contributed by atoms with E-state index in [4.69, 9.17) is 5.11 Å². The molecule has 0 fully saturated rings. The molecule has 2 aromatic rings. The number of carbonyl (C=O) groups is 1. The molecule has 24 heavy (non-hydrogen) atoms. The van der Waals surface area contributed by atoms with Crippen molar-refractivity contribution in [3.05, 3.63) is 46.0 Å². The van der Waals surface area contributed by atoms with Gasteiger partial charge < -0.3 is 15.0 Å². The number of hydrogen-bond donors (Lipinski definition) is 2. The molecule has 0 unspecified atom stereocenters. The van der Waals surface area contributed by atoms with Gasteiger partial charge in [-0.25, -0.2) is 4.39 Å². The molecule has 0 saturated carbocycles. The monoisotopic (exact) mass is 334 g/mol. The van der Waals surface area contributed by atoms with Crippen LogP contribution >= 0.6 is 0 Å². The van der Waals surface area contributed by atoms with Crippen LogP contribution < -0.4 is 5.56 Å². The molecule has 0 aliphatic heterocycles. The number of nitrogens with zero attached hydrogens (tertiary/aromatic N) is 1. The minimum Gasteiger partial charge on any atom is -0.396 e. The summed E-state index contributed by atoms with van der Waals surface area (Å²) in [4.78, 5) is 29.0. The van der Waals surface area contributed by atoms with Gasteiger partial charge in [-0.3, -0.25) is 9.59 Å². The summed E-state index contributed by atoms with van der Waals surface area (Å²) < 4.78 is 13.4. The first-order chi connectivity index (χ1) is 11.2. The first kappa shape index (κ1) is 18.1. The number of amides is 1. The van der Waals surface area contributed by atoms with E-state index in [9.17, 15) is 14.0 Å². The van der Waals surface area contributed by atoms with Crippen LogP contribution in [0.25, 0.3) is 10.9 Å². The zero-order valence-corrected chi connectivity index (χ0v) is 14.2. The summed E-state index contributed by atoms with van der Waals surface area (Å²) in [5.41, 5.74) is -0.0391. The van der Waals surface area contributed by atoms with E-state index >= 15 is 0 Å². The SMILES string of the molecule is CC(C)(C)CN(CCCO)C(=O)c1cc(=O)[nH]c2cc(F)ccc12. The highest BCUT2D eigenvalue weighted by molar-refractivity contribution is 6.06. The Balaban J connectivity index is 2.48. The van der Waals surface area contributed by atoms with Crippen LogP contribution in [-0.4, -0.2) is 40.6 Å². The van der Waals surface area contributed by atoms with E-state index < -0.39 is 11.4 Å². The third-order valence-corrected chi connectivity index (χ3v) is 3.57. The summed E-state index contributed by atoms with van der Waals surface area (Å²) in [6.07, 6.45) is 0.456. The van der Waals surface area contributed by atoms with Crippen LogP contribution in [0.15, 0.2) is 29.1 Å². The maximum absolute atomic E-state index is 13.4. The Morgan fingerprint density at radius 2 is 2.00 bits per heavy atom. The Morgan fingerprint density at radius 1 is 1.29 bits per heavy atom. The van der Waals surface area contributed by atoms with E-state index in [-0.39, 0.29) is 23.5 Å². The van der Waals surface area contributed by atoms with Gasteiger partial charge in [-0.15, -0.1) is 0 Å². The molecule has 1 heterocycles. The molecule has 0 aliphatic rings. The van der Waals surface area contributed by atoms with Crippen LogP contribution in [0.1, 0.15) is 37.6 Å². The number of aliphatic hydroxyl groups is 1. The smallest absolute Gasteiger partial charge is 0.254 e. The van der Waals surface area contributed by atoms with Crippen LogP contribution in [0.5, 0.6) is 0 Å². The molecule has 2 rings (SSSR count). The van der Waals surface area contributed by atoms with Crippen molar-refractivity contribution in [3.63, 3.8) is 0 Å². The fourth-order valence-corrected chi connectivity index (χ4v) is 2.67. The molecular formula is C18H23FN2O3. The van der Waals surface area contributed by atoms with Crippen LogP contribution in [0, 0.1) is 11.2 Å². The molecular weight excluding hydrogens is 311 g/mol. The highest BCUT2D eigenvalue weighted by Gasteiger charge is 2.23. The number of rotatable bonds is 5. The molecule has 0 saturated heterocycles. The number of carbonyl (C=O) groups excluding carboxylic acids is 1. The van der Waals surface area contributed by atoms with E-state index in [0.29, 0.717) is 30.4 Å². The molecule has 0 bridgehead atoms. The third-order valence-electron chi connectivity index (χ3n) is 3.57. The van der Waals surface area contributed by atoms with Crippen LogP contribution in [0.2, 0.25) is 0 Å². The van der Waals surface area contributed by atoms with E-state index in [0.717, 1.165) is 0 Å². The number of aromatic amines is 1. The van der Waals surface area contributed by atoms with Crippen molar-refractivity contribution >= 4 is 16.8 Å². The van der Waals surface area contributed by atoms with Crippen molar-refractivity contribution in [2.75, 3.05) is 19.7 Å². The average molecular weight is 334 g/mol. The minimum atomic E-state index is -0.477. The lowest BCUT2D eigenvalue weighted by Gasteiger charge is -2.30. The molecule has 0 radical (unpaired) electrons. The maximum Gasteiger partial charge on any atom is 0.254 e. The minimum absolute atomic E-state index is 0.0186. The summed E-state index contributed by atoms with van der Waals surface area (Å²) >= 11 is 0. The molecule has 1 aromatic heterocycles. The second kappa shape index (κ2) is 7.13. The topological polar surface area (TPSA) is 73.4 Å². The number of nitrogens with one attached hydrogen (secondary N) is 1. The van der Waals surface area contributed by atoms with Gasteiger partial charge in [0.1, 0.15) is 5.82 Å². The lowest BCUT2D eigenvalue weighted by atomic mass is 9.95. The van der Waals surface area contributed by atoms with Crippen LogP contribution in [0.3, 0.4) is 0 Å². The van der Waals surface area contributed by atoms with Gasteiger partial charge in [0, 0.05) is 31.1 Å². The first-order valence-corrected chi connectivity index (χ1v) is 7.94. The number of fused-ring (bicyclic) bond motifs is 1. The van der Waals surface area contributed by atoms with E-state index in [1.165, 1.54) is 24.3 Å². The zero-order chi connectivity index (χ0) is 17.9. The van der Waals surface area contributed by atoms with Crippen molar-refractivity contribution in [3.8, 4) is 0 Å². The van der Waals surface area contributed by atoms with Gasteiger partial charge in [-0.2, -0.15) is 0 Å². The lowest BCUT2D eigenvalue weighted by Crippen LogP contribution is -2.39. The zero-order valence-electron chi connectivity index (χ0n) is 14.2. The molecule has 0 atom stereocenters. The molecule has 1 amide bonds. The quantitative estimate of drug-likeness (QED) is 0.882. The Morgan fingerprint density at radius 3 is 2.62 bits per heavy atom. The largest absolute Gasteiger partial charge is 0.396 e. The number of hydrogen-bond acceptors (Lipinski definition) is 3. The van der Waals surface area contributed by atoms with Gasteiger partial charge in [0.05, 0.1) is 11.1 Å². The predicted molar refractivity (Wildman–Crippen MR) is 91.6 cm³/mol. The Kier molecular flexibility index (Phi) is 5.39. The summed E-state index contributed by atoms with van der Waals surface area (Å²) in [5, 5.41) is 9.58. The van der Waals surface area contributed by atoms with Crippen molar-refractivity contribution in [2.45, 2.75) is 27.2 Å².